The molecule has 0 radical (unpaired) electrons. The Hall–Kier alpha value is -0.500. The van der Waals surface area contributed by atoms with Gasteiger partial charge in [0.15, 0.2) is 0 Å². The summed E-state index contributed by atoms with van der Waals surface area (Å²) in [5, 5.41) is 0.0932. The lowest BCUT2D eigenvalue weighted by Gasteiger charge is -2.36. The van der Waals surface area contributed by atoms with Gasteiger partial charge in [0.05, 0.1) is 9.33 Å². The van der Waals surface area contributed by atoms with Crippen LogP contribution in [0.4, 0.5) is 8.78 Å². The maximum absolute atomic E-state index is 12.8. The van der Waals surface area contributed by atoms with Crippen molar-refractivity contribution in [2.45, 2.75) is 59.2 Å². The molecule has 1 saturated carbocycles. The average molecular weight is 338 g/mol. The van der Waals surface area contributed by atoms with E-state index in [1.165, 1.54) is 0 Å². The second kappa shape index (κ2) is 5.30. The first kappa shape index (κ1) is 15.4. The molecule has 21 heavy (non-hydrogen) atoms. The fourth-order valence-electron chi connectivity index (χ4n) is 2.88. The Morgan fingerprint density at radius 1 is 1.38 bits per heavy atom. The van der Waals surface area contributed by atoms with Gasteiger partial charge < -0.3 is 9.47 Å². The van der Waals surface area contributed by atoms with Crippen LogP contribution in [0.2, 0.25) is 0 Å². The summed E-state index contributed by atoms with van der Waals surface area (Å²) >= 11 is 3.40. The first-order valence-corrected chi connectivity index (χ1v) is 8.66. The van der Waals surface area contributed by atoms with Gasteiger partial charge in [-0.3, -0.25) is 4.79 Å². The van der Waals surface area contributed by atoms with Crippen LogP contribution in [0.1, 0.15) is 32.6 Å². The van der Waals surface area contributed by atoms with Crippen LogP contribution in [-0.2, 0) is 19.1 Å². The molecule has 1 aliphatic carbocycles. The standard InChI is InChI=1S/C13H16F2O4S2/c1-12(14,15)11(17)19-7-2-4-13(5-3-7)20-8-6-18-10(16)9(8)21-13/h7-9H,2-6H2,1H3. The number of rotatable bonds is 2. The Balaban J connectivity index is 1.54. The highest BCUT2D eigenvalue weighted by molar-refractivity contribution is 8.22. The molecular formula is C13H16F2O4S2. The normalized spacial score (nSPS) is 39.2. The second-order valence-electron chi connectivity index (χ2n) is 5.73. The third kappa shape index (κ3) is 3.02. The van der Waals surface area contributed by atoms with Gasteiger partial charge in [-0.1, -0.05) is 0 Å². The third-order valence-corrected chi connectivity index (χ3v) is 7.91. The van der Waals surface area contributed by atoms with Crippen LogP contribution in [0.5, 0.6) is 0 Å². The molecule has 0 amide bonds. The molecule has 4 nitrogen and oxygen atoms in total. The van der Waals surface area contributed by atoms with E-state index < -0.39 is 18.0 Å². The summed E-state index contributed by atoms with van der Waals surface area (Å²) < 4.78 is 35.5. The molecule has 2 aliphatic heterocycles. The van der Waals surface area contributed by atoms with Crippen molar-refractivity contribution in [3.05, 3.63) is 0 Å². The van der Waals surface area contributed by atoms with Gasteiger partial charge in [0.1, 0.15) is 18.0 Å². The van der Waals surface area contributed by atoms with Crippen molar-refractivity contribution in [1.29, 1.82) is 0 Å². The molecular weight excluding hydrogens is 322 g/mol. The molecule has 3 rings (SSSR count). The van der Waals surface area contributed by atoms with E-state index in [1.807, 2.05) is 0 Å². The van der Waals surface area contributed by atoms with Crippen molar-refractivity contribution in [3.8, 4) is 0 Å². The summed E-state index contributed by atoms with van der Waals surface area (Å²) in [6, 6.07) is 0. The number of halogens is 2. The zero-order chi connectivity index (χ0) is 15.3. The van der Waals surface area contributed by atoms with Crippen LogP contribution >= 0.6 is 23.5 Å². The summed E-state index contributed by atoms with van der Waals surface area (Å²) in [7, 11) is 0. The highest BCUT2D eigenvalue weighted by Crippen LogP contribution is 2.60. The van der Waals surface area contributed by atoms with Crippen LogP contribution < -0.4 is 0 Å². The quantitative estimate of drug-likeness (QED) is 0.722. The van der Waals surface area contributed by atoms with Gasteiger partial charge in [-0.05, 0) is 25.7 Å². The van der Waals surface area contributed by atoms with Gasteiger partial charge >= 0.3 is 17.9 Å². The molecule has 2 unspecified atom stereocenters. The number of cyclic esters (lactones) is 1. The molecule has 8 heteroatoms. The lowest BCUT2D eigenvalue weighted by molar-refractivity contribution is -0.176. The summed E-state index contributed by atoms with van der Waals surface area (Å²) in [5.74, 6) is -5.03. The molecule has 3 fully saturated rings. The first-order chi connectivity index (χ1) is 9.79. The number of hydrogen-bond acceptors (Lipinski definition) is 6. The van der Waals surface area contributed by atoms with Crippen LogP contribution in [0.25, 0.3) is 0 Å². The zero-order valence-corrected chi connectivity index (χ0v) is 13.1. The molecule has 0 N–H and O–H groups in total. The van der Waals surface area contributed by atoms with Crippen molar-refractivity contribution in [2.24, 2.45) is 0 Å². The van der Waals surface area contributed by atoms with Gasteiger partial charge in [0.25, 0.3) is 0 Å². The van der Waals surface area contributed by atoms with E-state index in [9.17, 15) is 18.4 Å². The van der Waals surface area contributed by atoms with E-state index >= 15 is 0 Å². The molecule has 3 aliphatic rings. The Morgan fingerprint density at radius 3 is 2.62 bits per heavy atom. The van der Waals surface area contributed by atoms with Crippen molar-refractivity contribution >= 4 is 35.5 Å². The topological polar surface area (TPSA) is 52.6 Å². The van der Waals surface area contributed by atoms with Crippen LogP contribution in [-0.4, -0.2) is 45.2 Å². The molecule has 0 aromatic rings. The minimum Gasteiger partial charge on any atom is -0.464 e. The SMILES string of the molecule is CC(F)(F)C(=O)OC1CCC2(CC1)SC1COC(=O)C1S2. The van der Waals surface area contributed by atoms with Gasteiger partial charge in [-0.15, -0.1) is 23.5 Å². The Bertz CT molecular complexity index is 458. The number of hydrogen-bond donors (Lipinski definition) is 0. The molecule has 2 heterocycles. The smallest absolute Gasteiger partial charge is 0.376 e. The number of carbonyl (C=O) groups is 2. The van der Waals surface area contributed by atoms with Crippen molar-refractivity contribution in [2.75, 3.05) is 6.61 Å². The number of esters is 2. The van der Waals surface area contributed by atoms with E-state index in [1.54, 1.807) is 23.5 Å². The monoisotopic (exact) mass is 338 g/mol. The minimum absolute atomic E-state index is 0.0492. The predicted octanol–water partition coefficient (Wildman–Crippen LogP) is 2.60. The number of alkyl halides is 2. The molecule has 118 valence electrons. The molecule has 0 bridgehead atoms. The minimum atomic E-state index is -3.44. The van der Waals surface area contributed by atoms with E-state index in [-0.39, 0.29) is 20.5 Å². The van der Waals surface area contributed by atoms with Crippen molar-refractivity contribution < 1.29 is 27.8 Å². The molecule has 2 saturated heterocycles. The summed E-state index contributed by atoms with van der Waals surface area (Å²) in [6.45, 7) is 1.01. The number of fused-ring (bicyclic) bond motifs is 1. The van der Waals surface area contributed by atoms with E-state index in [0.29, 0.717) is 26.4 Å². The number of thioether (sulfide) groups is 2. The zero-order valence-electron chi connectivity index (χ0n) is 11.5. The Kier molecular flexibility index (Phi) is 3.88. The average Bonchev–Trinajstić information content (AvgIpc) is 2.91. The molecule has 0 aromatic heterocycles. The lowest BCUT2D eigenvalue weighted by Crippen LogP contribution is -2.36. The predicted molar refractivity (Wildman–Crippen MR) is 75.4 cm³/mol. The second-order valence-corrected chi connectivity index (χ2v) is 9.13. The number of ether oxygens (including phenoxy) is 2. The summed E-state index contributed by atoms with van der Waals surface area (Å²) in [5.41, 5.74) is 0. The summed E-state index contributed by atoms with van der Waals surface area (Å²) in [4.78, 5) is 22.8. The maximum atomic E-state index is 12.8. The van der Waals surface area contributed by atoms with E-state index in [2.05, 4.69) is 0 Å². The fourth-order valence-corrected chi connectivity index (χ4v) is 6.84. The van der Waals surface area contributed by atoms with Crippen LogP contribution in [0.3, 0.4) is 0 Å². The largest absolute Gasteiger partial charge is 0.464 e. The third-order valence-electron chi connectivity index (χ3n) is 3.99. The highest BCUT2D eigenvalue weighted by atomic mass is 32.2. The first-order valence-electron chi connectivity index (χ1n) is 6.90. The van der Waals surface area contributed by atoms with E-state index in [4.69, 9.17) is 9.47 Å². The van der Waals surface area contributed by atoms with E-state index in [0.717, 1.165) is 12.8 Å². The van der Waals surface area contributed by atoms with Crippen LogP contribution in [0.15, 0.2) is 0 Å². The Morgan fingerprint density at radius 2 is 2.05 bits per heavy atom. The van der Waals surface area contributed by atoms with Crippen molar-refractivity contribution in [1.82, 2.24) is 0 Å². The summed E-state index contributed by atoms with van der Waals surface area (Å²) in [6.07, 6.45) is 2.21. The lowest BCUT2D eigenvalue weighted by atomic mass is 9.96. The van der Waals surface area contributed by atoms with Gasteiger partial charge in [0.2, 0.25) is 0 Å². The van der Waals surface area contributed by atoms with Gasteiger partial charge in [-0.25, -0.2) is 4.79 Å². The maximum Gasteiger partial charge on any atom is 0.376 e. The number of carbonyl (C=O) groups excluding carboxylic acids is 2. The van der Waals surface area contributed by atoms with Crippen molar-refractivity contribution in [3.63, 3.8) is 0 Å². The fraction of sp³-hybridized carbons (Fsp3) is 0.846. The molecule has 2 atom stereocenters. The Labute approximate surface area is 129 Å². The highest BCUT2D eigenvalue weighted by Gasteiger charge is 2.55. The van der Waals surface area contributed by atoms with Gasteiger partial charge in [-0.2, -0.15) is 8.78 Å². The molecule has 0 aromatic carbocycles. The van der Waals surface area contributed by atoms with Gasteiger partial charge in [0, 0.05) is 6.92 Å². The van der Waals surface area contributed by atoms with Crippen LogP contribution in [0, 0.1) is 0 Å². The molecule has 1 spiro atoms.